The van der Waals surface area contributed by atoms with Crippen LogP contribution in [0.4, 0.5) is 9.59 Å². The minimum Gasteiger partial charge on any atom is -0.444 e. The number of amides is 2. The number of benzene rings is 2. The van der Waals surface area contributed by atoms with E-state index in [4.69, 9.17) is 23.3 Å². The van der Waals surface area contributed by atoms with Gasteiger partial charge in [0, 0.05) is 0 Å². The van der Waals surface area contributed by atoms with Crippen LogP contribution in [0.5, 0.6) is 0 Å². The average molecular weight is 630 g/mol. The second kappa shape index (κ2) is 15.6. The maximum absolute atomic E-state index is 12.8. The highest BCUT2D eigenvalue weighted by Crippen LogP contribution is 2.38. The van der Waals surface area contributed by atoms with Crippen LogP contribution >= 0.6 is 0 Å². The zero-order valence-corrected chi connectivity index (χ0v) is 29.6. The number of hydrogen-bond acceptors (Lipinski definition) is 7. The molecule has 0 atom stereocenters. The minimum atomic E-state index is -2.13. The average Bonchev–Trinajstić information content (AvgIpc) is 2.92. The van der Waals surface area contributed by atoms with Crippen molar-refractivity contribution in [3.63, 3.8) is 0 Å². The third kappa shape index (κ3) is 12.6. The highest BCUT2D eigenvalue weighted by Gasteiger charge is 2.39. The number of nitrogens with one attached hydrogen (secondary N) is 2. The fourth-order valence-electron chi connectivity index (χ4n) is 3.15. The summed E-state index contributed by atoms with van der Waals surface area (Å²) in [5.74, 6) is -0.0983. The summed E-state index contributed by atoms with van der Waals surface area (Å²) in [5, 5.41) is 5.16. The Morgan fingerprint density at radius 2 is 1.02 bits per heavy atom. The van der Waals surface area contributed by atoms with Gasteiger partial charge in [0.05, 0.1) is 19.3 Å². The van der Waals surface area contributed by atoms with Crippen molar-refractivity contribution < 1.29 is 27.9 Å². The van der Waals surface area contributed by atoms with Crippen LogP contribution in [0.1, 0.15) is 52.7 Å². The number of rotatable bonds is 11. The number of carbonyl (C=O) groups is 2. The number of hydrogen-bond donors (Lipinski definition) is 2. The van der Waals surface area contributed by atoms with E-state index >= 15 is 0 Å². The standard InChI is InChI=1S/C32H51N3O6Si2/c1-31(2,3)42(7,8)40-23-27(24-41-43(9,10)32(4,5)6)33-28(34-29(36)38-21-25-17-13-11-14-18-25)35-30(37)39-22-26-19-15-12-16-20-26/h11-20,27H,21-24H2,1-10H3,(H2,33,34,35,36,37). The summed E-state index contributed by atoms with van der Waals surface area (Å²) in [5.41, 5.74) is 1.66. The molecule has 0 aliphatic heterocycles. The Bertz CT molecular complexity index is 1100. The molecule has 0 aliphatic carbocycles. The van der Waals surface area contributed by atoms with Crippen molar-refractivity contribution in [3.05, 3.63) is 71.8 Å². The van der Waals surface area contributed by atoms with E-state index in [2.05, 4.69) is 78.4 Å². The second-order valence-electron chi connectivity index (χ2n) is 13.6. The van der Waals surface area contributed by atoms with Crippen molar-refractivity contribution in [3.8, 4) is 0 Å². The predicted octanol–water partition coefficient (Wildman–Crippen LogP) is 7.61. The molecule has 43 heavy (non-hydrogen) atoms. The van der Waals surface area contributed by atoms with E-state index in [0.29, 0.717) is 0 Å². The van der Waals surface area contributed by atoms with Crippen molar-refractivity contribution >= 4 is 34.8 Å². The van der Waals surface area contributed by atoms with Crippen LogP contribution < -0.4 is 10.6 Å². The van der Waals surface area contributed by atoms with Crippen LogP contribution in [-0.2, 0) is 31.5 Å². The molecule has 2 rings (SSSR count). The Labute approximate surface area is 260 Å². The molecular formula is C32H51N3O6Si2. The number of guanidine groups is 1. The molecule has 0 spiro atoms. The molecule has 0 aromatic heterocycles. The van der Waals surface area contributed by atoms with Gasteiger partial charge in [-0.15, -0.1) is 0 Å². The summed E-state index contributed by atoms with van der Waals surface area (Å²) in [6.45, 7) is 22.3. The van der Waals surface area contributed by atoms with Gasteiger partial charge in [0.2, 0.25) is 5.96 Å². The molecule has 0 radical (unpaired) electrons. The van der Waals surface area contributed by atoms with E-state index in [1.54, 1.807) is 0 Å². The quantitative estimate of drug-likeness (QED) is 0.151. The molecule has 2 aromatic carbocycles. The molecule has 238 valence electrons. The fourth-order valence-corrected chi connectivity index (χ4v) is 5.24. The van der Waals surface area contributed by atoms with Gasteiger partial charge in [-0.3, -0.25) is 10.6 Å². The SMILES string of the molecule is CC(C)(C)[Si](C)(C)OCC(CO[Si](C)(C)C(C)(C)C)N=C(NC(=O)OCc1ccccc1)NC(=O)OCc1ccccc1. The maximum atomic E-state index is 12.8. The fraction of sp³-hybridized carbons (Fsp3) is 0.531. The van der Waals surface area contributed by atoms with Crippen LogP contribution in [0.2, 0.25) is 36.3 Å². The Hall–Kier alpha value is -3.00. The Morgan fingerprint density at radius 1 is 0.674 bits per heavy atom. The van der Waals surface area contributed by atoms with Crippen LogP contribution in [0, 0.1) is 0 Å². The summed E-state index contributed by atoms with van der Waals surface area (Å²) in [6.07, 6.45) is -1.53. The predicted molar refractivity (Wildman–Crippen MR) is 177 cm³/mol. The molecule has 0 heterocycles. The summed E-state index contributed by atoms with van der Waals surface area (Å²) in [7, 11) is -4.26. The Balaban J connectivity index is 2.29. The summed E-state index contributed by atoms with van der Waals surface area (Å²) in [4.78, 5) is 30.3. The van der Waals surface area contributed by atoms with Crippen molar-refractivity contribution in [2.75, 3.05) is 13.2 Å². The van der Waals surface area contributed by atoms with Crippen molar-refractivity contribution in [1.82, 2.24) is 10.6 Å². The smallest absolute Gasteiger partial charge is 0.414 e. The summed E-state index contributed by atoms with van der Waals surface area (Å²) in [6, 6.07) is 18.1. The van der Waals surface area contributed by atoms with E-state index in [0.717, 1.165) is 11.1 Å². The molecular weight excluding hydrogens is 579 g/mol. The highest BCUT2D eigenvalue weighted by molar-refractivity contribution is 6.74. The largest absolute Gasteiger partial charge is 0.444 e. The third-order valence-electron chi connectivity index (χ3n) is 8.06. The van der Waals surface area contributed by atoms with Gasteiger partial charge in [0.15, 0.2) is 16.6 Å². The van der Waals surface area contributed by atoms with Gasteiger partial charge in [-0.2, -0.15) is 0 Å². The molecule has 2 amide bonds. The second-order valence-corrected chi connectivity index (χ2v) is 23.3. The van der Waals surface area contributed by atoms with E-state index in [1.165, 1.54) is 0 Å². The van der Waals surface area contributed by atoms with Crippen LogP contribution in [0.15, 0.2) is 65.7 Å². The first-order valence-corrected chi connectivity index (χ1v) is 20.5. The Morgan fingerprint density at radius 3 is 1.35 bits per heavy atom. The normalized spacial score (nSPS) is 12.4. The molecule has 0 saturated carbocycles. The molecule has 2 aromatic rings. The zero-order chi connectivity index (χ0) is 32.3. The number of nitrogens with zero attached hydrogens (tertiary/aromatic N) is 1. The van der Waals surface area contributed by atoms with Gasteiger partial charge in [-0.1, -0.05) is 102 Å². The first-order valence-electron chi connectivity index (χ1n) is 14.7. The number of ether oxygens (including phenoxy) is 2. The minimum absolute atomic E-state index is 0.0105. The molecule has 0 fully saturated rings. The van der Waals surface area contributed by atoms with E-state index < -0.39 is 34.9 Å². The van der Waals surface area contributed by atoms with Crippen LogP contribution in [0.3, 0.4) is 0 Å². The topological polar surface area (TPSA) is 107 Å². The lowest BCUT2D eigenvalue weighted by molar-refractivity contribution is 0.141. The molecule has 2 N–H and O–H groups in total. The van der Waals surface area contributed by atoms with Gasteiger partial charge in [-0.05, 0) is 47.4 Å². The van der Waals surface area contributed by atoms with Crippen LogP contribution in [-0.4, -0.2) is 54.0 Å². The summed E-state index contributed by atoms with van der Waals surface area (Å²) < 4.78 is 23.8. The number of alkyl carbamates (subject to hydrolysis) is 2. The van der Waals surface area contributed by atoms with E-state index in [-0.39, 0.29) is 42.5 Å². The zero-order valence-electron chi connectivity index (χ0n) is 27.6. The molecule has 11 heteroatoms. The number of aliphatic imine (C=N–C) groups is 1. The van der Waals surface area contributed by atoms with Crippen molar-refractivity contribution in [2.24, 2.45) is 4.99 Å². The first kappa shape index (κ1) is 36.2. The van der Waals surface area contributed by atoms with Gasteiger partial charge in [-0.25, -0.2) is 14.6 Å². The Kier molecular flexibility index (Phi) is 13.2. The monoisotopic (exact) mass is 629 g/mol. The lowest BCUT2D eigenvalue weighted by atomic mass is 10.2. The van der Waals surface area contributed by atoms with Gasteiger partial charge in [0.25, 0.3) is 0 Å². The lowest BCUT2D eigenvalue weighted by Gasteiger charge is -2.38. The van der Waals surface area contributed by atoms with Crippen LogP contribution in [0.25, 0.3) is 0 Å². The maximum Gasteiger partial charge on any atom is 0.414 e. The lowest BCUT2D eigenvalue weighted by Crippen LogP contribution is -2.48. The van der Waals surface area contributed by atoms with Gasteiger partial charge >= 0.3 is 12.2 Å². The number of carbonyl (C=O) groups excluding carboxylic acids is 2. The van der Waals surface area contributed by atoms with Crippen molar-refractivity contribution in [2.45, 2.75) is 97.1 Å². The summed E-state index contributed by atoms with van der Waals surface area (Å²) >= 11 is 0. The van der Waals surface area contributed by atoms with Gasteiger partial charge in [0.1, 0.15) is 13.2 Å². The van der Waals surface area contributed by atoms with E-state index in [1.807, 2.05) is 60.7 Å². The molecule has 0 aliphatic rings. The van der Waals surface area contributed by atoms with E-state index in [9.17, 15) is 9.59 Å². The highest BCUT2D eigenvalue weighted by atomic mass is 28.4. The molecule has 9 nitrogen and oxygen atoms in total. The van der Waals surface area contributed by atoms with Crippen molar-refractivity contribution in [1.29, 1.82) is 0 Å². The first-order chi connectivity index (χ1) is 19.9. The molecule has 0 bridgehead atoms. The van der Waals surface area contributed by atoms with Gasteiger partial charge < -0.3 is 18.3 Å². The molecule has 0 saturated heterocycles. The third-order valence-corrected chi connectivity index (χ3v) is 17.1. The molecule has 0 unspecified atom stereocenters.